The van der Waals surface area contributed by atoms with Gasteiger partial charge in [-0.2, -0.15) is 0 Å². The predicted molar refractivity (Wildman–Crippen MR) is 89.8 cm³/mol. The Morgan fingerprint density at radius 2 is 1.88 bits per heavy atom. The second-order valence-corrected chi connectivity index (χ2v) is 5.62. The van der Waals surface area contributed by atoms with E-state index >= 15 is 0 Å². The van der Waals surface area contributed by atoms with Gasteiger partial charge >= 0.3 is 0 Å². The van der Waals surface area contributed by atoms with Crippen LogP contribution in [0.25, 0.3) is 10.6 Å². The molecule has 3 rings (SSSR count). The maximum Gasteiger partial charge on any atom is 0.289 e. The molecule has 0 fully saturated rings. The number of amides is 2. The van der Waals surface area contributed by atoms with E-state index in [0.717, 1.165) is 11.3 Å². The lowest BCUT2D eigenvalue weighted by molar-refractivity contribution is 0.0842. The van der Waals surface area contributed by atoms with Crippen LogP contribution in [-0.2, 0) is 0 Å². The average Bonchev–Trinajstić information content (AvgIpc) is 3.31. The Balaban J connectivity index is 1.64. The summed E-state index contributed by atoms with van der Waals surface area (Å²) in [6.07, 6.45) is 1.62. The van der Waals surface area contributed by atoms with Crippen LogP contribution in [0.2, 0.25) is 0 Å². The minimum Gasteiger partial charge on any atom is -0.497 e. The molecular formula is C16H14N4O3S. The number of thiazole rings is 1. The van der Waals surface area contributed by atoms with E-state index in [-0.39, 0.29) is 5.69 Å². The summed E-state index contributed by atoms with van der Waals surface area (Å²) in [7, 11) is 1.60. The summed E-state index contributed by atoms with van der Waals surface area (Å²) in [5.41, 5.74) is 6.13. The number of rotatable bonds is 4. The zero-order chi connectivity index (χ0) is 16.9. The van der Waals surface area contributed by atoms with Crippen LogP contribution in [0.4, 0.5) is 0 Å². The number of methoxy groups -OCH3 is 1. The number of H-pyrrole nitrogens is 1. The van der Waals surface area contributed by atoms with Crippen molar-refractivity contribution >= 4 is 23.2 Å². The first kappa shape index (κ1) is 15.8. The van der Waals surface area contributed by atoms with Crippen molar-refractivity contribution in [1.29, 1.82) is 0 Å². The minimum atomic E-state index is -0.481. The zero-order valence-electron chi connectivity index (χ0n) is 12.7. The zero-order valence-corrected chi connectivity index (χ0v) is 13.5. The summed E-state index contributed by atoms with van der Waals surface area (Å²) >= 11 is 1.34. The normalized spacial score (nSPS) is 10.2. The molecule has 24 heavy (non-hydrogen) atoms. The van der Waals surface area contributed by atoms with Crippen molar-refractivity contribution in [1.82, 2.24) is 20.8 Å². The molecule has 0 spiro atoms. The monoisotopic (exact) mass is 342 g/mol. The van der Waals surface area contributed by atoms with Crippen molar-refractivity contribution < 1.29 is 14.3 Å². The summed E-state index contributed by atoms with van der Waals surface area (Å²) in [5, 5.41) is 2.34. The quantitative estimate of drug-likeness (QED) is 0.634. The van der Waals surface area contributed by atoms with Crippen molar-refractivity contribution in [3.63, 3.8) is 0 Å². The third-order valence-corrected chi connectivity index (χ3v) is 4.10. The van der Waals surface area contributed by atoms with Gasteiger partial charge in [0, 0.05) is 17.1 Å². The Labute approximate surface area is 141 Å². The molecule has 0 aliphatic carbocycles. The highest BCUT2D eigenvalue weighted by atomic mass is 32.1. The molecule has 0 radical (unpaired) electrons. The van der Waals surface area contributed by atoms with Gasteiger partial charge in [0.1, 0.15) is 22.1 Å². The van der Waals surface area contributed by atoms with E-state index < -0.39 is 11.8 Å². The SMILES string of the molecule is COc1ccc(-c2nc(C(=O)NNC(=O)c3ccc[nH]3)cs2)cc1. The van der Waals surface area contributed by atoms with Crippen molar-refractivity contribution in [2.75, 3.05) is 7.11 Å². The van der Waals surface area contributed by atoms with E-state index in [1.165, 1.54) is 11.3 Å². The number of hydrazine groups is 1. The number of ether oxygens (including phenoxy) is 1. The topological polar surface area (TPSA) is 96.1 Å². The number of nitrogens with zero attached hydrogens (tertiary/aromatic N) is 1. The van der Waals surface area contributed by atoms with Crippen LogP contribution < -0.4 is 15.6 Å². The average molecular weight is 342 g/mol. The first-order chi connectivity index (χ1) is 11.7. The summed E-state index contributed by atoms with van der Waals surface area (Å²) in [5.74, 6) is -0.162. The van der Waals surface area contributed by atoms with Gasteiger partial charge < -0.3 is 9.72 Å². The molecule has 0 unspecified atom stereocenters. The van der Waals surface area contributed by atoms with Gasteiger partial charge in [0.15, 0.2) is 0 Å². The molecular weight excluding hydrogens is 328 g/mol. The van der Waals surface area contributed by atoms with Crippen LogP contribution in [0.1, 0.15) is 21.0 Å². The lowest BCUT2D eigenvalue weighted by Crippen LogP contribution is -2.41. The third-order valence-electron chi connectivity index (χ3n) is 3.21. The highest BCUT2D eigenvalue weighted by Crippen LogP contribution is 2.25. The summed E-state index contributed by atoms with van der Waals surface area (Å²) in [4.78, 5) is 30.8. The number of aromatic amines is 1. The summed E-state index contributed by atoms with van der Waals surface area (Å²) in [6, 6.07) is 10.7. The Kier molecular flexibility index (Phi) is 4.57. The smallest absolute Gasteiger partial charge is 0.289 e. The van der Waals surface area contributed by atoms with Crippen molar-refractivity contribution in [3.05, 3.63) is 59.4 Å². The molecule has 8 heteroatoms. The third kappa shape index (κ3) is 3.44. The fraction of sp³-hybridized carbons (Fsp3) is 0.0625. The number of hydrogen-bond acceptors (Lipinski definition) is 5. The molecule has 0 atom stereocenters. The van der Waals surface area contributed by atoms with Crippen LogP contribution in [0, 0.1) is 0 Å². The molecule has 122 valence electrons. The molecule has 3 aromatic rings. The Hall–Kier alpha value is -3.13. The molecule has 0 saturated carbocycles. The fourth-order valence-electron chi connectivity index (χ4n) is 1.96. The molecule has 3 N–H and O–H groups in total. The van der Waals surface area contributed by atoms with Crippen LogP contribution in [-0.4, -0.2) is 28.9 Å². The number of hydrogen-bond donors (Lipinski definition) is 3. The van der Waals surface area contributed by atoms with Gasteiger partial charge in [0.2, 0.25) is 0 Å². The van der Waals surface area contributed by atoms with Gasteiger partial charge in [-0.25, -0.2) is 4.98 Å². The first-order valence-electron chi connectivity index (χ1n) is 7.01. The van der Waals surface area contributed by atoms with Crippen molar-refractivity contribution in [3.8, 4) is 16.3 Å². The van der Waals surface area contributed by atoms with Gasteiger partial charge in [-0.05, 0) is 36.4 Å². The number of carbonyl (C=O) groups excluding carboxylic acids is 2. The van der Waals surface area contributed by atoms with Gasteiger partial charge in [-0.15, -0.1) is 11.3 Å². The fourth-order valence-corrected chi connectivity index (χ4v) is 2.77. The predicted octanol–water partition coefficient (Wildman–Crippen LogP) is 2.22. The molecule has 1 aromatic carbocycles. The Morgan fingerprint density at radius 1 is 1.12 bits per heavy atom. The first-order valence-corrected chi connectivity index (χ1v) is 7.89. The molecule has 0 aliphatic rings. The van der Waals surface area contributed by atoms with E-state index in [1.807, 2.05) is 24.3 Å². The van der Waals surface area contributed by atoms with Gasteiger partial charge in [-0.1, -0.05) is 0 Å². The van der Waals surface area contributed by atoms with Crippen LogP contribution >= 0.6 is 11.3 Å². The van der Waals surface area contributed by atoms with E-state index in [1.54, 1.807) is 30.8 Å². The number of nitrogens with one attached hydrogen (secondary N) is 3. The number of aromatic nitrogens is 2. The molecule has 2 amide bonds. The number of benzene rings is 1. The van der Waals surface area contributed by atoms with Crippen molar-refractivity contribution in [2.45, 2.75) is 0 Å². The minimum absolute atomic E-state index is 0.234. The lowest BCUT2D eigenvalue weighted by atomic mass is 10.2. The van der Waals surface area contributed by atoms with E-state index in [2.05, 4.69) is 20.8 Å². The molecule has 2 aromatic heterocycles. The standard InChI is InChI=1S/C16H14N4O3S/c1-23-11-6-4-10(5-7-11)16-18-13(9-24-16)15(22)20-19-14(21)12-3-2-8-17-12/h2-9,17H,1H3,(H,19,21)(H,20,22). The van der Waals surface area contributed by atoms with Gasteiger partial charge in [0.05, 0.1) is 7.11 Å². The van der Waals surface area contributed by atoms with E-state index in [4.69, 9.17) is 4.74 Å². The maximum absolute atomic E-state index is 12.1. The van der Waals surface area contributed by atoms with Gasteiger partial charge in [0.25, 0.3) is 11.8 Å². The molecule has 2 heterocycles. The molecule has 0 saturated heterocycles. The highest BCUT2D eigenvalue weighted by Gasteiger charge is 2.13. The van der Waals surface area contributed by atoms with Crippen LogP contribution in [0.15, 0.2) is 48.0 Å². The second kappa shape index (κ2) is 6.97. The van der Waals surface area contributed by atoms with E-state index in [0.29, 0.717) is 10.7 Å². The summed E-state index contributed by atoms with van der Waals surface area (Å²) < 4.78 is 5.11. The maximum atomic E-state index is 12.1. The largest absolute Gasteiger partial charge is 0.497 e. The van der Waals surface area contributed by atoms with Gasteiger partial charge in [-0.3, -0.25) is 20.4 Å². The molecule has 0 aliphatic heterocycles. The molecule has 0 bridgehead atoms. The summed E-state index contributed by atoms with van der Waals surface area (Å²) in [6.45, 7) is 0. The van der Waals surface area contributed by atoms with Crippen molar-refractivity contribution in [2.24, 2.45) is 0 Å². The Bertz CT molecular complexity index is 841. The van der Waals surface area contributed by atoms with Crippen LogP contribution in [0.5, 0.6) is 5.75 Å². The highest BCUT2D eigenvalue weighted by molar-refractivity contribution is 7.13. The Morgan fingerprint density at radius 3 is 2.54 bits per heavy atom. The number of carbonyl (C=O) groups is 2. The second-order valence-electron chi connectivity index (χ2n) is 4.76. The lowest BCUT2D eigenvalue weighted by Gasteiger charge is -2.04. The van der Waals surface area contributed by atoms with E-state index in [9.17, 15) is 9.59 Å². The molecule has 7 nitrogen and oxygen atoms in total. The van der Waals surface area contributed by atoms with Crippen LogP contribution in [0.3, 0.4) is 0 Å².